The van der Waals surface area contributed by atoms with Gasteiger partial charge >= 0.3 is 0 Å². The van der Waals surface area contributed by atoms with Gasteiger partial charge in [0.2, 0.25) is 0 Å². The number of ether oxygens (including phenoxy) is 1. The zero-order valence-corrected chi connectivity index (χ0v) is 13.4. The van der Waals surface area contributed by atoms with E-state index in [4.69, 9.17) is 4.74 Å². The Hall–Kier alpha value is -2.80. The summed E-state index contributed by atoms with van der Waals surface area (Å²) in [6.07, 6.45) is 1.41. The van der Waals surface area contributed by atoms with E-state index in [-0.39, 0.29) is 5.56 Å². The molecule has 1 aromatic heterocycles. The molecule has 25 heavy (non-hydrogen) atoms. The number of Topliss-reactive ketones (excluding diaryl/α,β-unsaturated/α-hetero) is 1. The number of rotatable bonds is 4. The predicted molar refractivity (Wildman–Crippen MR) is 87.9 cm³/mol. The third kappa shape index (κ3) is 3.66. The molecular formula is C18H17FN2O4. The number of hydrogen-bond donors (Lipinski definition) is 0. The molecular weight excluding hydrogens is 327 g/mol. The maximum absolute atomic E-state index is 13.1. The largest absolute Gasteiger partial charge is 0.378 e. The molecule has 0 aliphatic carbocycles. The van der Waals surface area contributed by atoms with Gasteiger partial charge in [0.15, 0.2) is 11.8 Å². The van der Waals surface area contributed by atoms with E-state index in [0.29, 0.717) is 26.3 Å². The van der Waals surface area contributed by atoms with Crippen molar-refractivity contribution in [1.29, 1.82) is 0 Å². The van der Waals surface area contributed by atoms with E-state index in [9.17, 15) is 18.8 Å². The fraction of sp³-hybridized carbons (Fsp3) is 0.278. The van der Waals surface area contributed by atoms with Crippen molar-refractivity contribution in [3.8, 4) is 0 Å². The molecule has 1 aliphatic heterocycles. The molecule has 0 spiro atoms. The van der Waals surface area contributed by atoms with Crippen molar-refractivity contribution in [2.45, 2.75) is 6.04 Å². The number of morpholine rings is 1. The molecule has 0 bridgehead atoms. The van der Waals surface area contributed by atoms with Crippen LogP contribution >= 0.6 is 0 Å². The Labute approximate surface area is 143 Å². The maximum atomic E-state index is 13.1. The van der Waals surface area contributed by atoms with E-state index < -0.39 is 29.1 Å². The third-order valence-electron chi connectivity index (χ3n) is 4.06. The Balaban J connectivity index is 2.00. The lowest BCUT2D eigenvalue weighted by molar-refractivity contribution is -0.137. The highest BCUT2D eigenvalue weighted by Crippen LogP contribution is 2.18. The van der Waals surface area contributed by atoms with Crippen LogP contribution < -0.4 is 5.56 Å². The van der Waals surface area contributed by atoms with E-state index in [1.54, 1.807) is 6.07 Å². The van der Waals surface area contributed by atoms with Gasteiger partial charge in [-0.05, 0) is 30.3 Å². The summed E-state index contributed by atoms with van der Waals surface area (Å²) in [6.45, 7) is 1.47. The number of hydrogen-bond acceptors (Lipinski definition) is 4. The molecule has 1 fully saturated rings. The van der Waals surface area contributed by atoms with Gasteiger partial charge in [-0.15, -0.1) is 0 Å². The Bertz CT molecular complexity index is 825. The van der Waals surface area contributed by atoms with Gasteiger partial charge in [0.1, 0.15) is 5.82 Å². The first-order valence-corrected chi connectivity index (χ1v) is 7.91. The summed E-state index contributed by atoms with van der Waals surface area (Å²) in [5, 5.41) is 0. The van der Waals surface area contributed by atoms with Gasteiger partial charge in [-0.1, -0.05) is 6.07 Å². The van der Waals surface area contributed by atoms with Crippen LogP contribution in [-0.2, 0) is 9.53 Å². The molecule has 3 rings (SSSR count). The van der Waals surface area contributed by atoms with Gasteiger partial charge in [-0.2, -0.15) is 0 Å². The molecule has 130 valence electrons. The smallest absolute Gasteiger partial charge is 0.254 e. The van der Waals surface area contributed by atoms with Crippen molar-refractivity contribution in [1.82, 2.24) is 9.47 Å². The van der Waals surface area contributed by atoms with E-state index in [1.807, 2.05) is 0 Å². The second kappa shape index (κ2) is 7.40. The lowest BCUT2D eigenvalue weighted by Crippen LogP contribution is -2.48. The summed E-state index contributed by atoms with van der Waals surface area (Å²) in [6, 6.07) is 8.01. The van der Waals surface area contributed by atoms with Gasteiger partial charge < -0.3 is 9.64 Å². The first-order chi connectivity index (χ1) is 12.1. The van der Waals surface area contributed by atoms with Crippen LogP contribution in [0.1, 0.15) is 16.4 Å². The fourth-order valence-corrected chi connectivity index (χ4v) is 2.74. The second-order valence-corrected chi connectivity index (χ2v) is 5.66. The van der Waals surface area contributed by atoms with Crippen LogP contribution in [0.4, 0.5) is 4.39 Å². The van der Waals surface area contributed by atoms with Gasteiger partial charge in [0.05, 0.1) is 13.2 Å². The van der Waals surface area contributed by atoms with Crippen LogP contribution in [0.5, 0.6) is 0 Å². The average Bonchev–Trinajstić information content (AvgIpc) is 2.64. The molecule has 0 saturated carbocycles. The van der Waals surface area contributed by atoms with Gasteiger partial charge in [0.25, 0.3) is 11.5 Å². The molecule has 1 saturated heterocycles. The number of benzene rings is 1. The fourth-order valence-electron chi connectivity index (χ4n) is 2.74. The number of carbonyl (C=O) groups is 2. The zero-order valence-electron chi connectivity index (χ0n) is 13.4. The molecule has 2 aromatic rings. The van der Waals surface area contributed by atoms with E-state index in [1.165, 1.54) is 35.4 Å². The van der Waals surface area contributed by atoms with E-state index in [2.05, 4.69) is 0 Å². The van der Waals surface area contributed by atoms with E-state index in [0.717, 1.165) is 16.7 Å². The van der Waals surface area contributed by atoms with Crippen LogP contribution in [0.25, 0.3) is 0 Å². The van der Waals surface area contributed by atoms with E-state index >= 15 is 0 Å². The molecule has 0 radical (unpaired) electrons. The first-order valence-electron chi connectivity index (χ1n) is 7.91. The van der Waals surface area contributed by atoms with Crippen LogP contribution in [0.15, 0.2) is 53.5 Å². The van der Waals surface area contributed by atoms with Gasteiger partial charge in [0, 0.05) is 30.9 Å². The highest BCUT2D eigenvalue weighted by molar-refractivity contribution is 6.11. The van der Waals surface area contributed by atoms with Crippen molar-refractivity contribution in [3.05, 3.63) is 70.4 Å². The molecule has 7 heteroatoms. The Morgan fingerprint density at radius 3 is 2.36 bits per heavy atom. The topological polar surface area (TPSA) is 68.6 Å². The minimum absolute atomic E-state index is 0.170. The highest BCUT2D eigenvalue weighted by Gasteiger charge is 2.34. The molecule has 1 amide bonds. The zero-order chi connectivity index (χ0) is 17.8. The highest BCUT2D eigenvalue weighted by atomic mass is 19.1. The summed E-state index contributed by atoms with van der Waals surface area (Å²) in [7, 11) is 0. The molecule has 1 atom stereocenters. The molecule has 6 nitrogen and oxygen atoms in total. The predicted octanol–water partition coefficient (Wildman–Crippen LogP) is 1.27. The molecule has 2 heterocycles. The molecule has 1 aliphatic rings. The first kappa shape index (κ1) is 17.0. The van der Waals surface area contributed by atoms with Crippen LogP contribution in [-0.4, -0.2) is 47.5 Å². The minimum atomic E-state index is -1.32. The van der Waals surface area contributed by atoms with Crippen LogP contribution in [0.3, 0.4) is 0 Å². The number of aromatic nitrogens is 1. The number of carbonyl (C=O) groups excluding carboxylic acids is 2. The quantitative estimate of drug-likeness (QED) is 0.619. The normalized spacial score (nSPS) is 15.6. The van der Waals surface area contributed by atoms with Crippen LogP contribution in [0, 0.1) is 5.82 Å². The van der Waals surface area contributed by atoms with Crippen molar-refractivity contribution in [2.75, 3.05) is 26.3 Å². The summed E-state index contributed by atoms with van der Waals surface area (Å²) >= 11 is 0. The lowest BCUT2D eigenvalue weighted by Gasteiger charge is -2.30. The van der Waals surface area contributed by atoms with Crippen LogP contribution in [0.2, 0.25) is 0 Å². The summed E-state index contributed by atoms with van der Waals surface area (Å²) in [4.78, 5) is 39.6. The molecule has 1 unspecified atom stereocenters. The molecule has 0 N–H and O–H groups in total. The van der Waals surface area contributed by atoms with Crippen molar-refractivity contribution < 1.29 is 18.7 Å². The van der Waals surface area contributed by atoms with Crippen molar-refractivity contribution >= 4 is 11.7 Å². The van der Waals surface area contributed by atoms with Crippen molar-refractivity contribution in [3.63, 3.8) is 0 Å². The number of amides is 1. The van der Waals surface area contributed by atoms with Gasteiger partial charge in [-0.25, -0.2) is 4.39 Å². The number of ketones is 1. The Morgan fingerprint density at radius 1 is 1.04 bits per heavy atom. The van der Waals surface area contributed by atoms with Crippen molar-refractivity contribution in [2.24, 2.45) is 0 Å². The number of pyridine rings is 1. The summed E-state index contributed by atoms with van der Waals surface area (Å²) < 4.78 is 19.5. The number of nitrogens with zero attached hydrogens (tertiary/aromatic N) is 2. The average molecular weight is 344 g/mol. The Morgan fingerprint density at radius 2 is 1.72 bits per heavy atom. The standard InChI is InChI=1S/C18H17FN2O4/c19-14-6-4-13(5-7-14)17(23)16(21-8-2-1-3-15(21)22)18(24)20-9-11-25-12-10-20/h1-8,16H,9-12H2. The lowest BCUT2D eigenvalue weighted by atomic mass is 10.0. The summed E-state index contributed by atoms with van der Waals surface area (Å²) in [5.41, 5.74) is -0.284. The maximum Gasteiger partial charge on any atom is 0.254 e. The Kier molecular flexibility index (Phi) is 5.04. The SMILES string of the molecule is O=C(c1ccc(F)cc1)C(C(=O)N1CCOCC1)n1ccccc1=O. The minimum Gasteiger partial charge on any atom is -0.378 e. The monoisotopic (exact) mass is 344 g/mol. The molecule has 1 aromatic carbocycles. The third-order valence-corrected chi connectivity index (χ3v) is 4.06. The summed E-state index contributed by atoms with van der Waals surface area (Å²) in [5.74, 6) is -1.50. The number of halogens is 1. The van der Waals surface area contributed by atoms with Gasteiger partial charge in [-0.3, -0.25) is 19.0 Å². The second-order valence-electron chi connectivity index (χ2n) is 5.66.